The molecule has 7 nitrogen and oxygen atoms in total. The third kappa shape index (κ3) is 5.67. The van der Waals surface area contributed by atoms with Crippen LogP contribution in [0.2, 0.25) is 0 Å². The smallest absolute Gasteiger partial charge is 0.433 e. The number of alkyl halides is 3. The zero-order valence-electron chi connectivity index (χ0n) is 19.2. The topological polar surface area (TPSA) is 76.6 Å². The molecule has 2 aromatic carbocycles. The molecule has 11 heteroatoms. The fraction of sp³-hybridized carbons (Fsp3) is 0.320. The molecule has 0 unspecified atom stereocenters. The van der Waals surface area contributed by atoms with Crippen molar-refractivity contribution in [1.82, 2.24) is 15.3 Å². The summed E-state index contributed by atoms with van der Waals surface area (Å²) in [6.45, 7) is 1.90. The average Bonchev–Trinajstić information content (AvgIpc) is 3.58. The molecule has 1 amide bonds. The third-order valence-corrected chi connectivity index (χ3v) is 6.81. The minimum atomic E-state index is -4.54. The predicted molar refractivity (Wildman–Crippen MR) is 128 cm³/mol. The molecule has 5 rings (SSSR count). The average molecular weight is 517 g/mol. The standard InChI is InChI=1S/C25H23F3N4O3S/c26-25(27,28)21-12-22(32-9-1-2-10-32)31-24(30-21)36-14-16-3-6-18(7-4-16)23(33)29-13-17-5-8-19-20(11-17)35-15-34-19/h3-8,11-12H,1-2,9-10,13-15H2,(H,29,33). The van der Waals surface area contributed by atoms with Crippen LogP contribution >= 0.6 is 11.8 Å². The predicted octanol–water partition coefficient (Wildman–Crippen LogP) is 5.05. The fourth-order valence-electron chi connectivity index (χ4n) is 3.97. The first kappa shape index (κ1) is 24.2. The highest BCUT2D eigenvalue weighted by Gasteiger charge is 2.34. The van der Waals surface area contributed by atoms with Crippen molar-refractivity contribution in [3.63, 3.8) is 0 Å². The number of thioether (sulfide) groups is 1. The van der Waals surface area contributed by atoms with Gasteiger partial charge >= 0.3 is 6.18 Å². The second kappa shape index (κ2) is 10.3. The van der Waals surface area contributed by atoms with Gasteiger partial charge in [-0.2, -0.15) is 13.2 Å². The molecule has 3 aromatic rings. The number of carbonyl (C=O) groups excluding carboxylic acids is 1. The lowest BCUT2D eigenvalue weighted by Gasteiger charge is -2.18. The number of fused-ring (bicyclic) bond motifs is 1. The highest BCUT2D eigenvalue weighted by atomic mass is 32.2. The van der Waals surface area contributed by atoms with Gasteiger partial charge in [0.05, 0.1) is 0 Å². The van der Waals surface area contributed by atoms with Crippen LogP contribution in [0.15, 0.2) is 53.7 Å². The van der Waals surface area contributed by atoms with Crippen LogP contribution in [-0.4, -0.2) is 35.8 Å². The molecule has 0 saturated carbocycles. The van der Waals surface area contributed by atoms with Crippen molar-refractivity contribution in [2.24, 2.45) is 0 Å². The van der Waals surface area contributed by atoms with E-state index >= 15 is 0 Å². The summed E-state index contributed by atoms with van der Waals surface area (Å²) in [5.74, 6) is 1.79. The molecule has 1 aromatic heterocycles. The summed E-state index contributed by atoms with van der Waals surface area (Å²) in [6, 6.07) is 13.4. The maximum absolute atomic E-state index is 13.4. The van der Waals surface area contributed by atoms with E-state index in [1.807, 2.05) is 17.0 Å². The van der Waals surface area contributed by atoms with Gasteiger partial charge in [-0.1, -0.05) is 30.0 Å². The molecule has 0 atom stereocenters. The highest BCUT2D eigenvalue weighted by molar-refractivity contribution is 7.98. The Bertz CT molecular complexity index is 1250. The van der Waals surface area contributed by atoms with Gasteiger partial charge in [0, 0.05) is 37.0 Å². The second-order valence-corrected chi connectivity index (χ2v) is 9.38. The number of nitrogens with zero attached hydrogens (tertiary/aromatic N) is 3. The number of hydrogen-bond donors (Lipinski definition) is 1. The summed E-state index contributed by atoms with van der Waals surface area (Å²) in [4.78, 5) is 22.5. The van der Waals surface area contributed by atoms with Gasteiger partial charge in [-0.25, -0.2) is 9.97 Å². The molecular weight excluding hydrogens is 493 g/mol. The van der Waals surface area contributed by atoms with Crippen LogP contribution in [0.4, 0.5) is 19.0 Å². The van der Waals surface area contributed by atoms with E-state index in [0.717, 1.165) is 41.8 Å². The lowest BCUT2D eigenvalue weighted by molar-refractivity contribution is -0.141. The summed E-state index contributed by atoms with van der Waals surface area (Å²) >= 11 is 1.14. The van der Waals surface area contributed by atoms with Gasteiger partial charge < -0.3 is 19.7 Å². The van der Waals surface area contributed by atoms with Crippen LogP contribution in [0.5, 0.6) is 11.5 Å². The number of amides is 1. The summed E-state index contributed by atoms with van der Waals surface area (Å²) in [6.07, 6.45) is -2.67. The van der Waals surface area contributed by atoms with E-state index < -0.39 is 11.9 Å². The Morgan fingerprint density at radius 2 is 1.69 bits per heavy atom. The van der Waals surface area contributed by atoms with E-state index in [1.165, 1.54) is 0 Å². The van der Waals surface area contributed by atoms with Gasteiger partial charge in [0.2, 0.25) is 6.79 Å². The maximum Gasteiger partial charge on any atom is 0.433 e. The zero-order chi connectivity index (χ0) is 25.1. The summed E-state index contributed by atoms with van der Waals surface area (Å²) in [5.41, 5.74) is 1.28. The van der Waals surface area contributed by atoms with Crippen LogP contribution < -0.4 is 19.7 Å². The first-order valence-electron chi connectivity index (χ1n) is 11.4. The molecule has 1 saturated heterocycles. The van der Waals surface area contributed by atoms with Crippen LogP contribution in [-0.2, 0) is 18.5 Å². The van der Waals surface area contributed by atoms with E-state index in [0.29, 0.717) is 48.3 Å². The number of rotatable bonds is 7. The monoisotopic (exact) mass is 516 g/mol. The maximum atomic E-state index is 13.4. The molecule has 0 aliphatic carbocycles. The van der Waals surface area contributed by atoms with Gasteiger partial charge in [0.1, 0.15) is 5.82 Å². The molecule has 2 aliphatic heterocycles. The minimum Gasteiger partial charge on any atom is -0.454 e. The Labute approximate surface area is 210 Å². The van der Waals surface area contributed by atoms with E-state index in [1.54, 1.807) is 30.3 Å². The number of ether oxygens (including phenoxy) is 2. The molecule has 188 valence electrons. The van der Waals surface area contributed by atoms with Crippen LogP contribution in [0.3, 0.4) is 0 Å². The quantitative estimate of drug-likeness (QED) is 0.348. The van der Waals surface area contributed by atoms with E-state index in [-0.39, 0.29) is 17.9 Å². The molecule has 2 aliphatic rings. The van der Waals surface area contributed by atoms with Gasteiger partial charge in [0.25, 0.3) is 5.91 Å². The van der Waals surface area contributed by atoms with E-state index in [4.69, 9.17) is 9.47 Å². The second-order valence-electron chi connectivity index (χ2n) is 8.44. The third-order valence-electron chi connectivity index (χ3n) is 5.89. The number of halogens is 3. The number of aromatic nitrogens is 2. The van der Waals surface area contributed by atoms with Crippen LogP contribution in [0.25, 0.3) is 0 Å². The summed E-state index contributed by atoms with van der Waals surface area (Å²) in [5, 5.41) is 2.95. The molecule has 0 bridgehead atoms. The fourth-order valence-corrected chi connectivity index (χ4v) is 4.78. The lowest BCUT2D eigenvalue weighted by atomic mass is 10.1. The Morgan fingerprint density at radius 3 is 2.44 bits per heavy atom. The number of hydrogen-bond acceptors (Lipinski definition) is 7. The Hall–Kier alpha value is -3.47. The lowest BCUT2D eigenvalue weighted by Crippen LogP contribution is -2.22. The van der Waals surface area contributed by atoms with Crippen molar-refractivity contribution in [2.75, 3.05) is 24.8 Å². The SMILES string of the molecule is O=C(NCc1ccc2c(c1)OCO2)c1ccc(CSc2nc(N3CCCC3)cc(C(F)(F)F)n2)cc1. The zero-order valence-corrected chi connectivity index (χ0v) is 20.0. The molecule has 3 heterocycles. The molecule has 1 N–H and O–H groups in total. The van der Waals surface area contributed by atoms with Crippen molar-refractivity contribution in [3.8, 4) is 11.5 Å². The molecule has 0 radical (unpaired) electrons. The largest absolute Gasteiger partial charge is 0.454 e. The Kier molecular flexibility index (Phi) is 6.90. The first-order chi connectivity index (χ1) is 17.3. The normalized spacial score (nSPS) is 14.8. The summed E-state index contributed by atoms with van der Waals surface area (Å²) in [7, 11) is 0. The van der Waals surface area contributed by atoms with Crippen molar-refractivity contribution >= 4 is 23.5 Å². The Morgan fingerprint density at radius 1 is 0.972 bits per heavy atom. The summed E-state index contributed by atoms with van der Waals surface area (Å²) < 4.78 is 50.8. The van der Waals surface area contributed by atoms with Crippen molar-refractivity contribution in [3.05, 3.63) is 70.9 Å². The highest BCUT2D eigenvalue weighted by Crippen LogP contribution is 2.34. The van der Waals surface area contributed by atoms with Gasteiger partial charge in [-0.15, -0.1) is 0 Å². The van der Waals surface area contributed by atoms with Crippen LogP contribution in [0.1, 0.15) is 40.0 Å². The van der Waals surface area contributed by atoms with Gasteiger partial charge in [0.15, 0.2) is 22.3 Å². The minimum absolute atomic E-state index is 0.0808. The van der Waals surface area contributed by atoms with Crippen molar-refractivity contribution in [1.29, 1.82) is 0 Å². The van der Waals surface area contributed by atoms with Gasteiger partial charge in [-0.3, -0.25) is 4.79 Å². The van der Waals surface area contributed by atoms with E-state index in [2.05, 4.69) is 15.3 Å². The first-order valence-corrected chi connectivity index (χ1v) is 12.4. The molecule has 0 spiro atoms. The van der Waals surface area contributed by atoms with Crippen molar-refractivity contribution < 1.29 is 27.4 Å². The molecular formula is C25H23F3N4O3S. The number of anilines is 1. The van der Waals surface area contributed by atoms with E-state index in [9.17, 15) is 18.0 Å². The number of benzene rings is 2. The van der Waals surface area contributed by atoms with Crippen molar-refractivity contribution in [2.45, 2.75) is 36.5 Å². The molecule has 36 heavy (non-hydrogen) atoms. The number of nitrogens with one attached hydrogen (secondary N) is 1. The van der Waals surface area contributed by atoms with Gasteiger partial charge in [-0.05, 0) is 48.2 Å². The number of carbonyl (C=O) groups is 1. The molecule has 1 fully saturated rings. The van der Waals surface area contributed by atoms with Crippen LogP contribution in [0, 0.1) is 0 Å². The Balaban J connectivity index is 1.20.